The van der Waals surface area contributed by atoms with Crippen LogP contribution in [0, 0.1) is 5.92 Å². The van der Waals surface area contributed by atoms with Gasteiger partial charge in [0.1, 0.15) is 5.82 Å². The highest BCUT2D eigenvalue weighted by Gasteiger charge is 2.42. The van der Waals surface area contributed by atoms with E-state index in [0.717, 1.165) is 31.1 Å². The van der Waals surface area contributed by atoms with E-state index in [1.807, 2.05) is 30.3 Å². The fourth-order valence-corrected chi connectivity index (χ4v) is 4.53. The van der Waals surface area contributed by atoms with Crippen LogP contribution in [0.25, 0.3) is 11.4 Å². The monoisotopic (exact) mass is 389 g/mol. The third kappa shape index (κ3) is 3.89. The third-order valence-corrected chi connectivity index (χ3v) is 6.03. The quantitative estimate of drug-likeness (QED) is 0.805. The van der Waals surface area contributed by atoms with E-state index in [1.54, 1.807) is 4.90 Å². The van der Waals surface area contributed by atoms with Crippen LogP contribution in [-0.4, -0.2) is 53.2 Å². The zero-order chi connectivity index (χ0) is 19.0. The molecule has 1 aliphatic carbocycles. The van der Waals surface area contributed by atoms with Gasteiger partial charge < -0.3 is 4.90 Å². The highest BCUT2D eigenvalue weighted by Crippen LogP contribution is 2.36. The van der Waals surface area contributed by atoms with Gasteiger partial charge in [-0.1, -0.05) is 36.8 Å². The minimum Gasteiger partial charge on any atom is -0.331 e. The number of H-pyrrole nitrogens is 1. The van der Waals surface area contributed by atoms with E-state index in [4.69, 9.17) is 0 Å². The van der Waals surface area contributed by atoms with Crippen LogP contribution >= 0.6 is 0 Å². The number of sulfonamides is 1. The standard InChI is InChI=1S/C18H23N5O3S/c1-27(25,26)22-14-10-15(23(11-14)18(24)13-8-5-9-13)17-19-16(20-21-17)12-6-3-2-4-7-12/h2-4,6-7,13-15,22H,5,8-11H2,1H3,(H,19,20,21). The average molecular weight is 389 g/mol. The lowest BCUT2D eigenvalue weighted by molar-refractivity contribution is -0.139. The van der Waals surface area contributed by atoms with Crippen molar-refractivity contribution in [2.24, 2.45) is 5.92 Å². The molecule has 0 radical (unpaired) electrons. The molecular weight excluding hydrogens is 366 g/mol. The number of benzene rings is 1. The van der Waals surface area contributed by atoms with Gasteiger partial charge in [-0.2, -0.15) is 5.10 Å². The molecular formula is C18H23N5O3S. The lowest BCUT2D eigenvalue weighted by Gasteiger charge is -2.32. The summed E-state index contributed by atoms with van der Waals surface area (Å²) in [5.41, 5.74) is 0.890. The molecule has 2 heterocycles. The lowest BCUT2D eigenvalue weighted by Crippen LogP contribution is -2.41. The Hall–Kier alpha value is -2.26. The second kappa shape index (κ2) is 7.05. The molecule has 1 amide bonds. The topological polar surface area (TPSA) is 108 Å². The van der Waals surface area contributed by atoms with Gasteiger partial charge in [0.25, 0.3) is 0 Å². The third-order valence-electron chi connectivity index (χ3n) is 5.27. The van der Waals surface area contributed by atoms with Gasteiger partial charge in [0.2, 0.25) is 15.9 Å². The molecule has 0 spiro atoms. The van der Waals surface area contributed by atoms with Crippen molar-refractivity contribution in [3.05, 3.63) is 36.2 Å². The fourth-order valence-electron chi connectivity index (χ4n) is 3.76. The van der Waals surface area contributed by atoms with Crippen molar-refractivity contribution in [2.45, 2.75) is 37.8 Å². The Morgan fingerprint density at radius 1 is 1.26 bits per heavy atom. The molecule has 2 aromatic rings. The SMILES string of the molecule is CS(=O)(=O)NC1CC(c2nc(-c3ccccc3)n[nH]2)N(C(=O)C2CCC2)C1. The molecule has 2 N–H and O–H groups in total. The number of hydrogen-bond donors (Lipinski definition) is 2. The van der Waals surface area contributed by atoms with Gasteiger partial charge in [-0.15, -0.1) is 0 Å². The largest absolute Gasteiger partial charge is 0.331 e. The molecule has 27 heavy (non-hydrogen) atoms. The minimum absolute atomic E-state index is 0.0426. The van der Waals surface area contributed by atoms with E-state index in [1.165, 1.54) is 0 Å². The summed E-state index contributed by atoms with van der Waals surface area (Å²) in [6.45, 7) is 0.356. The van der Waals surface area contributed by atoms with Crippen molar-refractivity contribution in [1.29, 1.82) is 0 Å². The summed E-state index contributed by atoms with van der Waals surface area (Å²) < 4.78 is 25.9. The molecule has 0 bridgehead atoms. The maximum Gasteiger partial charge on any atom is 0.226 e. The number of hydrogen-bond acceptors (Lipinski definition) is 5. The molecule has 1 saturated heterocycles. The predicted molar refractivity (Wildman–Crippen MR) is 100.0 cm³/mol. The second-order valence-electron chi connectivity index (χ2n) is 7.37. The van der Waals surface area contributed by atoms with Gasteiger partial charge in [-0.25, -0.2) is 18.1 Å². The number of carbonyl (C=O) groups excluding carboxylic acids is 1. The molecule has 1 aromatic heterocycles. The van der Waals surface area contributed by atoms with E-state index >= 15 is 0 Å². The molecule has 144 valence electrons. The first-order valence-electron chi connectivity index (χ1n) is 9.16. The fraction of sp³-hybridized carbons (Fsp3) is 0.500. The van der Waals surface area contributed by atoms with Crippen molar-refractivity contribution in [3.8, 4) is 11.4 Å². The van der Waals surface area contributed by atoms with Gasteiger partial charge in [0.15, 0.2) is 5.82 Å². The van der Waals surface area contributed by atoms with Crippen LogP contribution in [0.3, 0.4) is 0 Å². The second-order valence-corrected chi connectivity index (χ2v) is 9.15. The predicted octanol–water partition coefficient (Wildman–Crippen LogP) is 1.46. The number of aromatic amines is 1. The summed E-state index contributed by atoms with van der Waals surface area (Å²) in [6.07, 6.45) is 4.49. The van der Waals surface area contributed by atoms with E-state index < -0.39 is 10.0 Å². The average Bonchev–Trinajstić information content (AvgIpc) is 3.19. The minimum atomic E-state index is -3.35. The summed E-state index contributed by atoms with van der Waals surface area (Å²) in [5.74, 6) is 1.29. The van der Waals surface area contributed by atoms with Gasteiger partial charge >= 0.3 is 0 Å². The van der Waals surface area contributed by atoms with Crippen molar-refractivity contribution >= 4 is 15.9 Å². The Bertz CT molecular complexity index is 923. The molecule has 2 fully saturated rings. The Balaban J connectivity index is 1.59. The summed E-state index contributed by atoms with van der Waals surface area (Å²) in [5, 5.41) is 7.25. The van der Waals surface area contributed by atoms with Gasteiger partial charge in [0, 0.05) is 24.1 Å². The van der Waals surface area contributed by atoms with Crippen LogP contribution in [0.15, 0.2) is 30.3 Å². The van der Waals surface area contributed by atoms with Crippen LogP contribution < -0.4 is 4.72 Å². The van der Waals surface area contributed by atoms with Crippen LogP contribution in [0.5, 0.6) is 0 Å². The van der Waals surface area contributed by atoms with Crippen LogP contribution in [-0.2, 0) is 14.8 Å². The number of nitrogens with zero attached hydrogens (tertiary/aromatic N) is 3. The highest BCUT2D eigenvalue weighted by molar-refractivity contribution is 7.88. The van der Waals surface area contributed by atoms with Crippen LogP contribution in [0.2, 0.25) is 0 Å². The van der Waals surface area contributed by atoms with Crippen LogP contribution in [0.4, 0.5) is 0 Å². The number of aromatic nitrogens is 3. The maximum absolute atomic E-state index is 12.9. The summed E-state index contributed by atoms with van der Waals surface area (Å²) in [4.78, 5) is 19.2. The molecule has 1 aliphatic heterocycles. The first-order chi connectivity index (χ1) is 12.9. The van der Waals surface area contributed by atoms with Gasteiger partial charge in [0.05, 0.1) is 12.3 Å². The highest BCUT2D eigenvalue weighted by atomic mass is 32.2. The van der Waals surface area contributed by atoms with Crippen LogP contribution in [0.1, 0.15) is 37.5 Å². The first-order valence-corrected chi connectivity index (χ1v) is 11.1. The Morgan fingerprint density at radius 2 is 2.00 bits per heavy atom. The Morgan fingerprint density at radius 3 is 2.63 bits per heavy atom. The lowest BCUT2D eigenvalue weighted by atomic mass is 9.84. The summed E-state index contributed by atoms with van der Waals surface area (Å²) >= 11 is 0. The number of likely N-dealkylation sites (tertiary alicyclic amines) is 1. The van der Waals surface area contributed by atoms with E-state index in [9.17, 15) is 13.2 Å². The maximum atomic E-state index is 12.9. The molecule has 2 atom stereocenters. The summed E-state index contributed by atoms with van der Waals surface area (Å²) in [7, 11) is -3.35. The number of amides is 1. The zero-order valence-electron chi connectivity index (χ0n) is 15.1. The molecule has 9 heteroatoms. The Kier molecular flexibility index (Phi) is 4.73. The molecule has 2 unspecified atom stereocenters. The number of carbonyl (C=O) groups is 1. The van der Waals surface area contributed by atoms with Crippen molar-refractivity contribution in [2.75, 3.05) is 12.8 Å². The number of nitrogens with one attached hydrogen (secondary N) is 2. The van der Waals surface area contributed by atoms with E-state index in [0.29, 0.717) is 24.6 Å². The van der Waals surface area contributed by atoms with E-state index in [2.05, 4.69) is 19.9 Å². The van der Waals surface area contributed by atoms with Crippen molar-refractivity contribution in [3.63, 3.8) is 0 Å². The zero-order valence-corrected chi connectivity index (χ0v) is 15.9. The van der Waals surface area contributed by atoms with Crippen molar-refractivity contribution < 1.29 is 13.2 Å². The first kappa shape index (κ1) is 18.1. The van der Waals surface area contributed by atoms with E-state index in [-0.39, 0.29) is 23.9 Å². The molecule has 8 nitrogen and oxygen atoms in total. The van der Waals surface area contributed by atoms with Gasteiger partial charge in [-0.3, -0.25) is 9.89 Å². The molecule has 1 saturated carbocycles. The van der Waals surface area contributed by atoms with Gasteiger partial charge in [-0.05, 0) is 19.3 Å². The molecule has 2 aliphatic rings. The van der Waals surface area contributed by atoms with Crippen molar-refractivity contribution in [1.82, 2.24) is 24.8 Å². The number of rotatable bonds is 5. The molecule has 1 aromatic carbocycles. The Labute approximate surface area is 158 Å². The molecule has 4 rings (SSSR count). The smallest absolute Gasteiger partial charge is 0.226 e. The normalized spacial score (nSPS) is 23.4. The summed E-state index contributed by atoms with van der Waals surface area (Å²) in [6, 6.07) is 8.98.